The van der Waals surface area contributed by atoms with Crippen molar-refractivity contribution in [1.29, 1.82) is 0 Å². The zero-order chi connectivity index (χ0) is 15.7. The molecule has 1 aliphatic heterocycles. The van der Waals surface area contributed by atoms with E-state index in [2.05, 4.69) is 21.2 Å². The van der Waals surface area contributed by atoms with E-state index in [0.29, 0.717) is 24.1 Å². The molecule has 1 aliphatic carbocycles. The summed E-state index contributed by atoms with van der Waals surface area (Å²) in [5.41, 5.74) is 0.542. The molecular formula is C17H23BrClFN2O. The molecule has 3 atom stereocenters. The highest BCUT2D eigenvalue weighted by atomic mass is 79.9. The van der Waals surface area contributed by atoms with E-state index >= 15 is 0 Å². The van der Waals surface area contributed by atoms with Crippen molar-refractivity contribution in [1.82, 2.24) is 10.2 Å². The summed E-state index contributed by atoms with van der Waals surface area (Å²) in [4.78, 5) is 14.3. The summed E-state index contributed by atoms with van der Waals surface area (Å²) in [7, 11) is 1.76. The van der Waals surface area contributed by atoms with Crippen LogP contribution in [0.2, 0.25) is 0 Å². The maximum Gasteiger partial charge on any atom is 0.239 e. The van der Waals surface area contributed by atoms with E-state index in [0.717, 1.165) is 10.9 Å². The normalized spacial score (nSPS) is 26.3. The fraction of sp³-hybridized carbons (Fsp3) is 0.588. The number of nitrogens with one attached hydrogen (secondary N) is 1. The molecule has 23 heavy (non-hydrogen) atoms. The Balaban J connectivity index is 0.00000192. The van der Waals surface area contributed by atoms with Gasteiger partial charge in [0.05, 0.1) is 6.04 Å². The lowest BCUT2D eigenvalue weighted by atomic mass is 9.85. The Kier molecular flexibility index (Phi) is 6.46. The second-order valence-electron chi connectivity index (χ2n) is 6.54. The van der Waals surface area contributed by atoms with Crippen LogP contribution in [0.15, 0.2) is 22.7 Å². The molecule has 3 rings (SSSR count). The van der Waals surface area contributed by atoms with Crippen LogP contribution in [-0.2, 0) is 11.3 Å². The van der Waals surface area contributed by atoms with Gasteiger partial charge in [-0.3, -0.25) is 4.79 Å². The van der Waals surface area contributed by atoms with Crippen molar-refractivity contribution in [2.24, 2.45) is 5.92 Å². The smallest absolute Gasteiger partial charge is 0.239 e. The number of hydrogen-bond acceptors (Lipinski definition) is 2. The maximum absolute atomic E-state index is 13.8. The largest absolute Gasteiger partial charge is 0.340 e. The molecule has 1 saturated heterocycles. The topological polar surface area (TPSA) is 32.3 Å². The number of benzene rings is 1. The van der Waals surface area contributed by atoms with Crippen molar-refractivity contribution < 1.29 is 9.18 Å². The molecular weight excluding hydrogens is 383 g/mol. The summed E-state index contributed by atoms with van der Waals surface area (Å²) in [6.07, 6.45) is 5.87. The predicted octanol–water partition coefficient (Wildman–Crippen LogP) is 3.89. The number of amides is 1. The van der Waals surface area contributed by atoms with Crippen LogP contribution in [0.25, 0.3) is 0 Å². The van der Waals surface area contributed by atoms with Gasteiger partial charge in [0, 0.05) is 29.7 Å². The summed E-state index contributed by atoms with van der Waals surface area (Å²) < 4.78 is 14.7. The van der Waals surface area contributed by atoms with Crippen LogP contribution in [0.4, 0.5) is 4.39 Å². The molecule has 1 amide bonds. The highest BCUT2D eigenvalue weighted by molar-refractivity contribution is 9.10. The van der Waals surface area contributed by atoms with Gasteiger partial charge in [-0.15, -0.1) is 12.4 Å². The van der Waals surface area contributed by atoms with E-state index in [1.54, 1.807) is 24.1 Å². The van der Waals surface area contributed by atoms with E-state index in [1.807, 2.05) is 0 Å². The van der Waals surface area contributed by atoms with Gasteiger partial charge < -0.3 is 10.2 Å². The zero-order valence-corrected chi connectivity index (χ0v) is 15.6. The lowest BCUT2D eigenvalue weighted by molar-refractivity contribution is -0.132. The molecule has 1 aromatic carbocycles. The molecule has 1 saturated carbocycles. The molecule has 3 unspecified atom stereocenters. The van der Waals surface area contributed by atoms with Crippen molar-refractivity contribution in [3.05, 3.63) is 34.1 Å². The Labute approximate surface area is 151 Å². The van der Waals surface area contributed by atoms with E-state index in [9.17, 15) is 9.18 Å². The van der Waals surface area contributed by atoms with Gasteiger partial charge in [0.1, 0.15) is 5.82 Å². The van der Waals surface area contributed by atoms with Crippen LogP contribution in [0, 0.1) is 11.7 Å². The monoisotopic (exact) mass is 404 g/mol. The van der Waals surface area contributed by atoms with E-state index < -0.39 is 0 Å². The SMILES string of the molecule is CN(Cc1cc(Br)ccc1F)C(=O)C1CC2CCCCC2N1.Cl. The minimum Gasteiger partial charge on any atom is -0.340 e. The molecule has 1 aromatic rings. The molecule has 0 aromatic heterocycles. The van der Waals surface area contributed by atoms with Gasteiger partial charge in [-0.1, -0.05) is 28.8 Å². The number of fused-ring (bicyclic) bond motifs is 1. The molecule has 0 bridgehead atoms. The summed E-state index contributed by atoms with van der Waals surface area (Å²) in [5.74, 6) is 0.448. The lowest BCUT2D eigenvalue weighted by Gasteiger charge is -2.24. The van der Waals surface area contributed by atoms with Gasteiger partial charge in [0.25, 0.3) is 0 Å². The van der Waals surface area contributed by atoms with Gasteiger partial charge in [0.2, 0.25) is 5.91 Å². The molecule has 0 radical (unpaired) electrons. The minimum absolute atomic E-state index is 0. The van der Waals surface area contributed by atoms with Gasteiger partial charge in [-0.05, 0) is 43.4 Å². The molecule has 128 valence electrons. The fourth-order valence-corrected chi connectivity index (χ4v) is 4.18. The van der Waals surface area contributed by atoms with Gasteiger partial charge >= 0.3 is 0 Å². The standard InChI is InChI=1S/C17H22BrFN2O.ClH/c1-21(10-12-8-13(18)6-7-14(12)19)17(22)16-9-11-4-2-3-5-15(11)20-16;/h6-8,11,15-16,20H,2-5,9-10H2,1H3;1H. The third kappa shape index (κ3) is 4.25. The van der Waals surface area contributed by atoms with Gasteiger partial charge in [-0.2, -0.15) is 0 Å². The molecule has 3 nitrogen and oxygen atoms in total. The van der Waals surface area contributed by atoms with Crippen LogP contribution >= 0.6 is 28.3 Å². The van der Waals surface area contributed by atoms with Gasteiger partial charge in [-0.25, -0.2) is 4.39 Å². The number of carbonyl (C=O) groups excluding carboxylic acids is 1. The second kappa shape index (κ2) is 7.95. The van der Waals surface area contributed by atoms with Crippen LogP contribution in [0.1, 0.15) is 37.7 Å². The van der Waals surface area contributed by atoms with Crippen molar-refractivity contribution >= 4 is 34.2 Å². The Morgan fingerprint density at radius 1 is 1.39 bits per heavy atom. The summed E-state index contributed by atoms with van der Waals surface area (Å²) in [6.45, 7) is 0.303. The second-order valence-corrected chi connectivity index (χ2v) is 7.45. The summed E-state index contributed by atoms with van der Waals surface area (Å²) >= 11 is 3.35. The van der Waals surface area contributed by atoms with Crippen molar-refractivity contribution in [3.63, 3.8) is 0 Å². The maximum atomic E-state index is 13.8. The molecule has 1 heterocycles. The Bertz CT molecular complexity index is 558. The average Bonchev–Trinajstić information content (AvgIpc) is 2.94. The highest BCUT2D eigenvalue weighted by Crippen LogP contribution is 2.33. The summed E-state index contributed by atoms with van der Waals surface area (Å²) in [5, 5.41) is 3.49. The molecule has 6 heteroatoms. The first-order valence-electron chi connectivity index (χ1n) is 7.99. The fourth-order valence-electron chi connectivity index (χ4n) is 3.77. The molecule has 1 N–H and O–H groups in total. The molecule has 0 spiro atoms. The van der Waals surface area contributed by atoms with Crippen molar-refractivity contribution in [2.75, 3.05) is 7.05 Å². The minimum atomic E-state index is -0.268. The Morgan fingerprint density at radius 3 is 2.87 bits per heavy atom. The average molecular weight is 406 g/mol. The number of carbonyl (C=O) groups is 1. The van der Waals surface area contributed by atoms with Crippen LogP contribution < -0.4 is 5.32 Å². The number of nitrogens with zero attached hydrogens (tertiary/aromatic N) is 1. The predicted molar refractivity (Wildman–Crippen MR) is 95.1 cm³/mol. The molecule has 2 aliphatic rings. The summed E-state index contributed by atoms with van der Waals surface area (Å²) in [6, 6.07) is 5.23. The molecule has 2 fully saturated rings. The highest BCUT2D eigenvalue weighted by Gasteiger charge is 2.39. The first-order chi connectivity index (χ1) is 10.5. The first-order valence-corrected chi connectivity index (χ1v) is 8.79. The van der Waals surface area contributed by atoms with Crippen LogP contribution in [0.5, 0.6) is 0 Å². The number of rotatable bonds is 3. The number of likely N-dealkylation sites (N-methyl/N-ethyl adjacent to an activating group) is 1. The van der Waals surface area contributed by atoms with Crippen LogP contribution in [-0.4, -0.2) is 29.9 Å². The van der Waals surface area contributed by atoms with E-state index in [-0.39, 0.29) is 30.2 Å². The lowest BCUT2D eigenvalue weighted by Crippen LogP contribution is -2.43. The van der Waals surface area contributed by atoms with Crippen LogP contribution in [0.3, 0.4) is 0 Å². The number of hydrogen-bond donors (Lipinski definition) is 1. The van der Waals surface area contributed by atoms with Crippen molar-refractivity contribution in [3.8, 4) is 0 Å². The van der Waals surface area contributed by atoms with E-state index in [4.69, 9.17) is 0 Å². The van der Waals surface area contributed by atoms with Crippen molar-refractivity contribution in [2.45, 2.75) is 50.7 Å². The Hall–Kier alpha value is -0.650. The van der Waals surface area contributed by atoms with Gasteiger partial charge in [0.15, 0.2) is 0 Å². The quantitative estimate of drug-likeness (QED) is 0.827. The number of halogens is 3. The first kappa shape index (κ1) is 18.7. The Morgan fingerprint density at radius 2 is 2.13 bits per heavy atom. The van der Waals surface area contributed by atoms with E-state index in [1.165, 1.54) is 31.7 Å². The zero-order valence-electron chi connectivity index (χ0n) is 13.2. The third-order valence-corrected chi connectivity index (χ3v) is 5.45. The third-order valence-electron chi connectivity index (χ3n) is 4.95.